The van der Waals surface area contributed by atoms with Crippen molar-refractivity contribution in [2.75, 3.05) is 9.80 Å². The molecule has 0 aliphatic heterocycles. The number of nitrogens with zero attached hydrogens (tertiary/aromatic N) is 2. The van der Waals surface area contributed by atoms with Crippen molar-refractivity contribution in [3.63, 3.8) is 0 Å². The van der Waals surface area contributed by atoms with Gasteiger partial charge in [-0.2, -0.15) is 0 Å². The van der Waals surface area contributed by atoms with Gasteiger partial charge in [0, 0.05) is 43.7 Å². The van der Waals surface area contributed by atoms with Crippen LogP contribution >= 0.6 is 0 Å². The van der Waals surface area contributed by atoms with Crippen LogP contribution in [0.25, 0.3) is 76.2 Å². The molecule has 4 heteroatoms. The van der Waals surface area contributed by atoms with Crippen molar-refractivity contribution >= 4 is 110 Å². The second-order valence-corrected chi connectivity index (χ2v) is 22.1. The van der Waals surface area contributed by atoms with Crippen LogP contribution in [0.2, 0.25) is 0 Å². The molecule has 10 aromatic carbocycles. The molecule has 2 heterocycles. The number of hydrogen-bond donors (Lipinski definition) is 0. The number of fused-ring (bicyclic) bond motifs is 6. The zero-order valence-corrected chi connectivity index (χ0v) is 42.0. The second-order valence-electron chi connectivity index (χ2n) is 22.1. The molecule has 70 heavy (non-hydrogen) atoms. The van der Waals surface area contributed by atoms with Crippen molar-refractivity contribution in [1.29, 1.82) is 0 Å². The molecule has 0 N–H and O–H groups in total. The first-order valence-electron chi connectivity index (χ1n) is 25.1. The molecule has 12 aromatic rings. The van der Waals surface area contributed by atoms with Gasteiger partial charge < -0.3 is 18.6 Å². The van der Waals surface area contributed by atoms with Crippen molar-refractivity contribution in [3.8, 4) is 0 Å². The van der Waals surface area contributed by atoms with E-state index in [9.17, 15) is 0 Å². The van der Waals surface area contributed by atoms with Crippen molar-refractivity contribution in [2.45, 2.75) is 91.9 Å². The molecule has 0 bridgehead atoms. The molecule has 346 valence electrons. The lowest BCUT2D eigenvalue weighted by Gasteiger charge is -2.30. The van der Waals surface area contributed by atoms with Gasteiger partial charge in [0.15, 0.2) is 11.2 Å². The first-order chi connectivity index (χ1) is 33.7. The molecule has 2 aromatic heterocycles. The minimum absolute atomic E-state index is 0.00946. The zero-order chi connectivity index (χ0) is 48.4. The molecule has 0 aliphatic rings. The van der Waals surface area contributed by atoms with E-state index in [1.54, 1.807) is 0 Å². The summed E-state index contributed by atoms with van der Waals surface area (Å²) in [5.74, 6) is 0.638. The molecule has 0 amide bonds. The minimum Gasteiger partial charge on any atom is -0.454 e. The molecule has 0 atom stereocenters. The summed E-state index contributed by atoms with van der Waals surface area (Å²) in [5, 5.41) is 11.7. The van der Waals surface area contributed by atoms with Gasteiger partial charge in [0.05, 0.1) is 22.7 Å². The van der Waals surface area contributed by atoms with E-state index < -0.39 is 0 Å². The van der Waals surface area contributed by atoms with Crippen LogP contribution in [0.3, 0.4) is 0 Å². The van der Waals surface area contributed by atoms with Crippen LogP contribution in [0.15, 0.2) is 179 Å². The zero-order valence-electron chi connectivity index (χ0n) is 42.0. The minimum atomic E-state index is 0.00946. The fraction of sp³-hybridized carbons (Fsp3) is 0.212. The number of hydrogen-bond acceptors (Lipinski definition) is 4. The Bertz CT molecular complexity index is 3700. The van der Waals surface area contributed by atoms with Crippen LogP contribution in [-0.4, -0.2) is 0 Å². The summed E-state index contributed by atoms with van der Waals surface area (Å²) in [6, 6.07) is 63.1. The lowest BCUT2D eigenvalue weighted by atomic mass is 9.87. The van der Waals surface area contributed by atoms with Gasteiger partial charge in [0.1, 0.15) is 11.2 Å². The van der Waals surface area contributed by atoms with E-state index in [0.29, 0.717) is 11.8 Å². The van der Waals surface area contributed by atoms with Crippen molar-refractivity contribution in [2.24, 2.45) is 0 Å². The SMILES string of the molecule is CC(C)c1cccc2c1oc1c(N(c3ccc(C(C)(C)C)cc3)c3ccc4ccc5c(N(c6ccc(C(C)(C)C)cc6)c6cccc7c6oc6c(C(C)C)cccc67)ccc6ccc3c4c65)cccc12. The van der Waals surface area contributed by atoms with Crippen LogP contribution in [-0.2, 0) is 10.8 Å². The third kappa shape index (κ3) is 6.86. The number of benzene rings is 10. The Kier molecular flexibility index (Phi) is 9.99. The molecule has 0 fully saturated rings. The van der Waals surface area contributed by atoms with Crippen LogP contribution in [0.1, 0.15) is 103 Å². The highest BCUT2D eigenvalue weighted by atomic mass is 16.3. The summed E-state index contributed by atoms with van der Waals surface area (Å²) in [4.78, 5) is 4.85. The summed E-state index contributed by atoms with van der Waals surface area (Å²) in [5.41, 5.74) is 15.1. The topological polar surface area (TPSA) is 32.8 Å². The Balaban J connectivity index is 1.12. The highest BCUT2D eigenvalue weighted by molar-refractivity contribution is 6.29. The van der Waals surface area contributed by atoms with E-state index in [1.165, 1.54) is 54.6 Å². The Morgan fingerprint density at radius 1 is 0.329 bits per heavy atom. The maximum atomic E-state index is 7.07. The monoisotopic (exact) mass is 912 g/mol. The Labute approximate surface area is 411 Å². The molecule has 0 unspecified atom stereocenters. The van der Waals surface area contributed by atoms with E-state index in [2.05, 4.69) is 249 Å². The quantitative estimate of drug-likeness (QED) is 0.142. The largest absolute Gasteiger partial charge is 0.454 e. The first-order valence-corrected chi connectivity index (χ1v) is 25.1. The van der Waals surface area contributed by atoms with Gasteiger partial charge in [0.25, 0.3) is 0 Å². The van der Waals surface area contributed by atoms with E-state index in [-0.39, 0.29) is 10.8 Å². The lowest BCUT2D eigenvalue weighted by molar-refractivity contribution is 0.590. The number of para-hydroxylation sites is 4. The second kappa shape index (κ2) is 16.0. The van der Waals surface area contributed by atoms with Gasteiger partial charge in [0.2, 0.25) is 0 Å². The van der Waals surface area contributed by atoms with Crippen LogP contribution in [0.5, 0.6) is 0 Å². The predicted molar refractivity (Wildman–Crippen MR) is 300 cm³/mol. The summed E-state index contributed by atoms with van der Waals surface area (Å²) < 4.78 is 14.1. The molecule has 0 radical (unpaired) electrons. The van der Waals surface area contributed by atoms with Crippen molar-refractivity contribution in [1.82, 2.24) is 0 Å². The predicted octanol–water partition coefficient (Wildman–Crippen LogP) is 20.2. The summed E-state index contributed by atoms with van der Waals surface area (Å²) in [7, 11) is 0. The van der Waals surface area contributed by atoms with E-state index >= 15 is 0 Å². The van der Waals surface area contributed by atoms with Gasteiger partial charge >= 0.3 is 0 Å². The van der Waals surface area contributed by atoms with Crippen molar-refractivity contribution < 1.29 is 8.83 Å². The maximum absolute atomic E-state index is 7.07. The van der Waals surface area contributed by atoms with Crippen LogP contribution in [0.4, 0.5) is 34.1 Å². The highest BCUT2D eigenvalue weighted by Gasteiger charge is 2.27. The average Bonchev–Trinajstić information content (AvgIpc) is 3.93. The third-order valence-corrected chi connectivity index (χ3v) is 14.9. The maximum Gasteiger partial charge on any atom is 0.159 e. The smallest absolute Gasteiger partial charge is 0.159 e. The molecular formula is C66H60N2O2. The molecule has 0 spiro atoms. The normalized spacial score (nSPS) is 12.7. The number of rotatable bonds is 8. The third-order valence-electron chi connectivity index (χ3n) is 14.9. The van der Waals surface area contributed by atoms with Crippen molar-refractivity contribution in [3.05, 3.63) is 192 Å². The molecule has 0 saturated heterocycles. The average molecular weight is 913 g/mol. The molecular weight excluding hydrogens is 853 g/mol. The van der Waals surface area contributed by atoms with Gasteiger partial charge in [-0.15, -0.1) is 0 Å². The fourth-order valence-corrected chi connectivity index (χ4v) is 11.1. The van der Waals surface area contributed by atoms with Gasteiger partial charge in [-0.3, -0.25) is 0 Å². The van der Waals surface area contributed by atoms with E-state index in [1.807, 2.05) is 0 Å². The molecule has 0 saturated carbocycles. The molecule has 4 nitrogen and oxygen atoms in total. The van der Waals surface area contributed by atoms with Gasteiger partial charge in [-0.1, -0.05) is 191 Å². The fourth-order valence-electron chi connectivity index (χ4n) is 11.1. The standard InChI is InChI=1S/C66H60N2O2/c1-39(2)47-15-11-17-49-51-19-13-21-57(63(51)69-61(47)49)67(45-31-27-43(28-32-45)65(5,6)7)55-37-25-41-24-36-54-56(38-26-42-23-35-53(55)59(41)60(42)54)68(46-33-29-44(30-34-46)66(8,9)10)58-22-14-20-52-50-18-12-16-48(40(3)4)62(50)70-64(52)58/h11-40H,1-10H3. The van der Waals surface area contributed by atoms with Crippen LogP contribution < -0.4 is 9.80 Å². The molecule has 0 aliphatic carbocycles. The Morgan fingerprint density at radius 2 is 0.671 bits per heavy atom. The number of furan rings is 2. The van der Waals surface area contributed by atoms with Crippen LogP contribution in [0, 0.1) is 0 Å². The van der Waals surface area contributed by atoms with E-state index in [0.717, 1.165) is 78.0 Å². The van der Waals surface area contributed by atoms with Gasteiger partial charge in [-0.25, -0.2) is 0 Å². The first kappa shape index (κ1) is 43.7. The molecule has 12 rings (SSSR count). The Hall–Kier alpha value is -7.56. The summed E-state index contributed by atoms with van der Waals surface area (Å²) >= 11 is 0. The summed E-state index contributed by atoms with van der Waals surface area (Å²) in [6.07, 6.45) is 0. The summed E-state index contributed by atoms with van der Waals surface area (Å²) in [6.45, 7) is 22.6. The highest BCUT2D eigenvalue weighted by Crippen LogP contribution is 2.51. The van der Waals surface area contributed by atoms with Gasteiger partial charge in [-0.05, 0) is 115 Å². The number of anilines is 6. The van der Waals surface area contributed by atoms with E-state index in [4.69, 9.17) is 8.83 Å². The Morgan fingerprint density at radius 3 is 1.03 bits per heavy atom. The lowest BCUT2D eigenvalue weighted by Crippen LogP contribution is -2.14.